The molecule has 0 heterocycles. The number of rotatable bonds is 7. The zero-order valence-corrected chi connectivity index (χ0v) is 17.9. The van der Waals surface area contributed by atoms with E-state index in [1.807, 2.05) is 0 Å². The summed E-state index contributed by atoms with van der Waals surface area (Å²) in [6, 6.07) is 21.3. The number of benzene rings is 3. The summed E-state index contributed by atoms with van der Waals surface area (Å²) in [4.78, 5) is 24.4. The van der Waals surface area contributed by atoms with E-state index in [2.05, 4.69) is 10.1 Å². The van der Waals surface area contributed by atoms with Crippen molar-refractivity contribution in [2.75, 3.05) is 19.5 Å². The average molecular weight is 439 g/mol. The molecule has 0 spiro atoms. The van der Waals surface area contributed by atoms with Gasteiger partial charge in [-0.1, -0.05) is 36.4 Å². The molecule has 1 N–H and O–H groups in total. The SMILES string of the molecule is COC(=O)c1cccc(NC(=O)c2ccc(CN(C)S(=O)(=O)c3ccccc3)cc2)c1. The van der Waals surface area contributed by atoms with Crippen molar-refractivity contribution < 1.29 is 22.7 Å². The van der Waals surface area contributed by atoms with Crippen molar-refractivity contribution in [3.8, 4) is 0 Å². The minimum atomic E-state index is -3.60. The molecule has 0 saturated carbocycles. The first-order valence-electron chi connectivity index (χ1n) is 9.41. The number of anilines is 1. The summed E-state index contributed by atoms with van der Waals surface area (Å²) >= 11 is 0. The lowest BCUT2D eigenvalue weighted by molar-refractivity contribution is 0.0600. The summed E-state index contributed by atoms with van der Waals surface area (Å²) in [5, 5.41) is 2.73. The third-order valence-electron chi connectivity index (χ3n) is 4.61. The molecule has 3 rings (SSSR count). The Labute approximate surface area is 181 Å². The molecular weight excluding hydrogens is 416 g/mol. The fraction of sp³-hybridized carbons (Fsp3) is 0.130. The van der Waals surface area contributed by atoms with E-state index in [4.69, 9.17) is 0 Å². The summed E-state index contributed by atoms with van der Waals surface area (Å²) in [7, 11) is -0.801. The largest absolute Gasteiger partial charge is 0.465 e. The van der Waals surface area contributed by atoms with Crippen LogP contribution < -0.4 is 5.32 Å². The Kier molecular flexibility index (Phi) is 6.84. The number of nitrogens with zero attached hydrogens (tertiary/aromatic N) is 1. The topological polar surface area (TPSA) is 92.8 Å². The second-order valence-corrected chi connectivity index (χ2v) is 8.84. The van der Waals surface area contributed by atoms with Crippen molar-refractivity contribution in [3.63, 3.8) is 0 Å². The zero-order chi connectivity index (χ0) is 22.4. The molecular formula is C23H22N2O5S. The first-order valence-corrected chi connectivity index (χ1v) is 10.9. The van der Waals surface area contributed by atoms with Crippen LogP contribution in [0.4, 0.5) is 5.69 Å². The maximum atomic E-state index is 12.6. The van der Waals surface area contributed by atoms with Gasteiger partial charge < -0.3 is 10.1 Å². The average Bonchev–Trinajstić information content (AvgIpc) is 2.79. The van der Waals surface area contributed by atoms with Crippen LogP contribution in [0.2, 0.25) is 0 Å². The summed E-state index contributed by atoms with van der Waals surface area (Å²) in [6.45, 7) is 0.167. The highest BCUT2D eigenvalue weighted by Crippen LogP contribution is 2.18. The molecule has 1 amide bonds. The number of hydrogen-bond donors (Lipinski definition) is 1. The lowest BCUT2D eigenvalue weighted by Crippen LogP contribution is -2.26. The third-order valence-corrected chi connectivity index (χ3v) is 6.43. The van der Waals surface area contributed by atoms with Crippen LogP contribution >= 0.6 is 0 Å². The number of methoxy groups -OCH3 is 1. The normalized spacial score (nSPS) is 11.2. The molecule has 0 unspecified atom stereocenters. The number of amides is 1. The van der Waals surface area contributed by atoms with Crippen molar-refractivity contribution in [2.24, 2.45) is 0 Å². The fourth-order valence-electron chi connectivity index (χ4n) is 2.92. The summed E-state index contributed by atoms with van der Waals surface area (Å²) < 4.78 is 31.2. The number of carbonyl (C=O) groups excluding carboxylic acids is 2. The van der Waals surface area contributed by atoms with Gasteiger partial charge in [-0.2, -0.15) is 4.31 Å². The van der Waals surface area contributed by atoms with Gasteiger partial charge in [0.2, 0.25) is 10.0 Å². The molecule has 160 valence electrons. The Morgan fingerprint density at radius 3 is 2.23 bits per heavy atom. The lowest BCUT2D eigenvalue weighted by Gasteiger charge is -2.17. The number of hydrogen-bond acceptors (Lipinski definition) is 5. The van der Waals surface area contributed by atoms with E-state index in [0.717, 1.165) is 5.56 Å². The first-order chi connectivity index (χ1) is 14.8. The Morgan fingerprint density at radius 2 is 1.58 bits per heavy atom. The number of sulfonamides is 1. The van der Waals surface area contributed by atoms with Gasteiger partial charge in [-0.25, -0.2) is 13.2 Å². The molecule has 3 aromatic rings. The van der Waals surface area contributed by atoms with Gasteiger partial charge in [0.1, 0.15) is 0 Å². The van der Waals surface area contributed by atoms with Gasteiger partial charge >= 0.3 is 5.97 Å². The Bertz CT molecular complexity index is 1180. The highest BCUT2D eigenvalue weighted by molar-refractivity contribution is 7.89. The van der Waals surface area contributed by atoms with Crippen molar-refractivity contribution >= 4 is 27.6 Å². The molecule has 0 bridgehead atoms. The molecule has 0 aliphatic carbocycles. The summed E-state index contributed by atoms with van der Waals surface area (Å²) in [5.41, 5.74) is 1.94. The molecule has 0 atom stereocenters. The quantitative estimate of drug-likeness (QED) is 0.570. The molecule has 8 heteroatoms. The fourth-order valence-corrected chi connectivity index (χ4v) is 4.10. The van der Waals surface area contributed by atoms with Crippen molar-refractivity contribution in [2.45, 2.75) is 11.4 Å². The van der Waals surface area contributed by atoms with E-state index < -0.39 is 16.0 Å². The molecule has 0 aromatic heterocycles. The highest BCUT2D eigenvalue weighted by atomic mass is 32.2. The van der Waals surface area contributed by atoms with Crippen LogP contribution in [-0.4, -0.2) is 38.8 Å². The van der Waals surface area contributed by atoms with Crippen LogP contribution in [-0.2, 0) is 21.3 Å². The predicted molar refractivity (Wildman–Crippen MR) is 117 cm³/mol. The number of esters is 1. The minimum Gasteiger partial charge on any atom is -0.465 e. The zero-order valence-electron chi connectivity index (χ0n) is 17.1. The smallest absolute Gasteiger partial charge is 0.337 e. The maximum absolute atomic E-state index is 12.6. The molecule has 0 fully saturated rings. The second kappa shape index (κ2) is 9.55. The van der Waals surface area contributed by atoms with Gasteiger partial charge in [-0.3, -0.25) is 4.79 Å². The van der Waals surface area contributed by atoms with E-state index in [0.29, 0.717) is 16.8 Å². The second-order valence-electron chi connectivity index (χ2n) is 6.80. The Morgan fingerprint density at radius 1 is 0.903 bits per heavy atom. The van der Waals surface area contributed by atoms with Gasteiger partial charge in [0.05, 0.1) is 17.6 Å². The van der Waals surface area contributed by atoms with E-state index >= 15 is 0 Å². The van der Waals surface area contributed by atoms with E-state index in [-0.39, 0.29) is 17.3 Å². The maximum Gasteiger partial charge on any atom is 0.337 e. The molecule has 0 aliphatic heterocycles. The van der Waals surface area contributed by atoms with Crippen LogP contribution in [0.5, 0.6) is 0 Å². The molecule has 0 aliphatic rings. The van der Waals surface area contributed by atoms with Crippen LogP contribution in [0.25, 0.3) is 0 Å². The van der Waals surface area contributed by atoms with Crippen LogP contribution in [0.3, 0.4) is 0 Å². The van der Waals surface area contributed by atoms with Crippen molar-refractivity contribution in [3.05, 3.63) is 95.6 Å². The van der Waals surface area contributed by atoms with E-state index in [1.54, 1.807) is 72.8 Å². The molecule has 0 radical (unpaired) electrons. The third kappa shape index (κ3) is 5.36. The van der Waals surface area contributed by atoms with Crippen molar-refractivity contribution in [1.29, 1.82) is 0 Å². The molecule has 7 nitrogen and oxygen atoms in total. The van der Waals surface area contributed by atoms with Gasteiger partial charge in [-0.05, 0) is 48.0 Å². The molecule has 3 aromatic carbocycles. The molecule has 0 saturated heterocycles. The van der Waals surface area contributed by atoms with Gasteiger partial charge in [0, 0.05) is 24.8 Å². The number of ether oxygens (including phenoxy) is 1. The van der Waals surface area contributed by atoms with E-state index in [1.165, 1.54) is 24.5 Å². The van der Waals surface area contributed by atoms with Crippen LogP contribution in [0.1, 0.15) is 26.3 Å². The summed E-state index contributed by atoms with van der Waals surface area (Å²) in [6.07, 6.45) is 0. The number of nitrogens with one attached hydrogen (secondary N) is 1. The van der Waals surface area contributed by atoms with Crippen LogP contribution in [0.15, 0.2) is 83.8 Å². The Balaban J connectivity index is 1.67. The first kappa shape index (κ1) is 22.2. The predicted octanol–water partition coefficient (Wildman–Crippen LogP) is 3.55. The highest BCUT2D eigenvalue weighted by Gasteiger charge is 2.20. The minimum absolute atomic E-state index is 0.167. The van der Waals surface area contributed by atoms with Gasteiger partial charge in [0.15, 0.2) is 0 Å². The lowest BCUT2D eigenvalue weighted by atomic mass is 10.1. The number of carbonyl (C=O) groups is 2. The monoisotopic (exact) mass is 438 g/mol. The van der Waals surface area contributed by atoms with Crippen LogP contribution in [0, 0.1) is 0 Å². The molecule has 31 heavy (non-hydrogen) atoms. The van der Waals surface area contributed by atoms with E-state index in [9.17, 15) is 18.0 Å². The standard InChI is InChI=1S/C23H22N2O5S/c1-25(31(28,29)21-9-4-3-5-10-21)16-17-11-13-18(14-12-17)22(26)24-20-8-6-7-19(15-20)23(27)30-2/h3-15H,16H2,1-2H3,(H,24,26). The van der Waals surface area contributed by atoms with Crippen molar-refractivity contribution in [1.82, 2.24) is 4.31 Å². The Hall–Kier alpha value is -3.49. The van der Waals surface area contributed by atoms with Gasteiger partial charge in [-0.15, -0.1) is 0 Å². The van der Waals surface area contributed by atoms with Gasteiger partial charge in [0.25, 0.3) is 5.91 Å². The summed E-state index contributed by atoms with van der Waals surface area (Å²) in [5.74, 6) is -0.839.